The van der Waals surface area contributed by atoms with Crippen molar-refractivity contribution in [1.29, 1.82) is 0 Å². The summed E-state index contributed by atoms with van der Waals surface area (Å²) < 4.78 is 34.2. The lowest BCUT2D eigenvalue weighted by Crippen LogP contribution is -2.53. The first-order valence-corrected chi connectivity index (χ1v) is 21.2. The van der Waals surface area contributed by atoms with Crippen molar-refractivity contribution in [3.8, 4) is 11.1 Å². The number of fused-ring (bicyclic) bond motifs is 3. The Labute approximate surface area is 356 Å². The Morgan fingerprint density at radius 1 is 0.935 bits per heavy atom. The van der Waals surface area contributed by atoms with Crippen LogP contribution in [0.5, 0.6) is 0 Å². The molecule has 0 aliphatic carbocycles. The van der Waals surface area contributed by atoms with Gasteiger partial charge in [-0.1, -0.05) is 0 Å². The Bertz CT molecular complexity index is 2600. The molecule has 3 N–H and O–H groups in total. The number of pyridine rings is 1. The zero-order valence-electron chi connectivity index (χ0n) is 34.6. The van der Waals surface area contributed by atoms with Crippen LogP contribution in [-0.4, -0.2) is 97.4 Å². The standard InChI is InChI=1S/C45H48F2N10O5/c1-26(58)55-19-14-38-35(25-55)43(56-16-3-4-28-20-31(32(42(46)47)21-39(28)56)34-24-53(2)37-11-15-48-22-33(34)37)52-57(38)30-12-17-54(18-13-30)45(62)27-5-7-29(8-6-27)49-23-41(60)50-36-9-10-40(59)51-44(36)61/h5-8,11,15,20-22,24,30,36,42,49H,3-4,9-10,12-14,16-19,23,25H2,1-2H3,(H,50,60)(H,51,59,61). The number of anilines is 3. The molecule has 4 aliphatic heterocycles. The van der Waals surface area contributed by atoms with Crippen molar-refractivity contribution >= 4 is 57.6 Å². The minimum Gasteiger partial charge on any atom is -0.376 e. The van der Waals surface area contributed by atoms with Gasteiger partial charge in [0.05, 0.1) is 24.6 Å². The monoisotopic (exact) mass is 846 g/mol. The number of halogens is 2. The number of aromatic nitrogens is 4. The number of benzene rings is 2. The molecule has 4 aliphatic rings. The van der Waals surface area contributed by atoms with Gasteiger partial charge in [-0.3, -0.25) is 39.0 Å². The van der Waals surface area contributed by atoms with Gasteiger partial charge in [-0.15, -0.1) is 0 Å². The van der Waals surface area contributed by atoms with E-state index < -0.39 is 24.3 Å². The second-order valence-electron chi connectivity index (χ2n) is 16.6. The molecule has 17 heteroatoms. The fourth-order valence-corrected chi connectivity index (χ4v) is 9.43. The molecule has 3 aromatic heterocycles. The summed E-state index contributed by atoms with van der Waals surface area (Å²) in [6, 6.07) is 11.5. The minimum atomic E-state index is -2.72. The molecule has 5 aromatic rings. The number of hydrogen-bond acceptors (Lipinski definition) is 9. The molecule has 2 aromatic carbocycles. The van der Waals surface area contributed by atoms with Gasteiger partial charge in [-0.05, 0) is 85.7 Å². The molecule has 2 saturated heterocycles. The highest BCUT2D eigenvalue weighted by molar-refractivity contribution is 6.02. The summed E-state index contributed by atoms with van der Waals surface area (Å²) in [6.45, 7) is 4.00. The van der Waals surface area contributed by atoms with Gasteiger partial charge in [0.1, 0.15) is 6.04 Å². The van der Waals surface area contributed by atoms with Crippen LogP contribution in [0.3, 0.4) is 0 Å². The van der Waals surface area contributed by atoms with Crippen molar-refractivity contribution in [2.75, 3.05) is 42.9 Å². The molecule has 62 heavy (non-hydrogen) atoms. The number of alkyl halides is 2. The summed E-state index contributed by atoms with van der Waals surface area (Å²) in [4.78, 5) is 72.2. The van der Waals surface area contributed by atoms with E-state index in [0.717, 1.165) is 46.1 Å². The molecule has 0 saturated carbocycles. The van der Waals surface area contributed by atoms with Crippen molar-refractivity contribution in [3.05, 3.63) is 89.0 Å². The maximum atomic E-state index is 15.1. The van der Waals surface area contributed by atoms with Crippen LogP contribution < -0.4 is 20.9 Å². The van der Waals surface area contributed by atoms with Gasteiger partial charge in [0.15, 0.2) is 5.82 Å². The van der Waals surface area contributed by atoms with Gasteiger partial charge < -0.3 is 29.9 Å². The van der Waals surface area contributed by atoms with Crippen LogP contribution in [0.15, 0.2) is 61.1 Å². The number of likely N-dealkylation sites (tertiary alicyclic amines) is 1. The van der Waals surface area contributed by atoms with Crippen molar-refractivity contribution in [2.24, 2.45) is 7.05 Å². The largest absolute Gasteiger partial charge is 0.376 e. The molecule has 9 rings (SSSR count). The number of aryl methyl sites for hydroxylation is 2. The molecule has 7 heterocycles. The highest BCUT2D eigenvalue weighted by atomic mass is 19.3. The first-order chi connectivity index (χ1) is 29.9. The molecule has 5 amide bonds. The summed E-state index contributed by atoms with van der Waals surface area (Å²) in [6.07, 6.45) is 6.46. The molecule has 322 valence electrons. The van der Waals surface area contributed by atoms with Crippen LogP contribution in [0.4, 0.5) is 26.0 Å². The summed E-state index contributed by atoms with van der Waals surface area (Å²) >= 11 is 0. The van der Waals surface area contributed by atoms with Crippen LogP contribution >= 0.6 is 0 Å². The number of amides is 5. The topological polar surface area (TPSA) is 167 Å². The molecule has 1 atom stereocenters. The van der Waals surface area contributed by atoms with E-state index in [0.29, 0.717) is 80.3 Å². The predicted molar refractivity (Wildman–Crippen MR) is 227 cm³/mol. The van der Waals surface area contributed by atoms with Crippen molar-refractivity contribution in [3.63, 3.8) is 0 Å². The van der Waals surface area contributed by atoms with Gasteiger partial charge in [0.2, 0.25) is 23.6 Å². The number of piperidine rings is 2. The van der Waals surface area contributed by atoms with Gasteiger partial charge >= 0.3 is 0 Å². The molecule has 0 spiro atoms. The number of rotatable bonds is 9. The molecule has 1 unspecified atom stereocenters. The normalized spacial score (nSPS) is 18.1. The number of hydrogen-bond donors (Lipinski definition) is 3. The van der Waals surface area contributed by atoms with E-state index in [1.807, 2.05) is 39.7 Å². The number of carbonyl (C=O) groups excluding carboxylic acids is 5. The van der Waals surface area contributed by atoms with Gasteiger partial charge in [0.25, 0.3) is 12.3 Å². The molecular formula is C45H48F2N10O5. The molecule has 0 bridgehead atoms. The van der Waals surface area contributed by atoms with Crippen LogP contribution in [0.2, 0.25) is 0 Å². The smallest absolute Gasteiger partial charge is 0.264 e. The van der Waals surface area contributed by atoms with E-state index in [9.17, 15) is 24.0 Å². The fourth-order valence-electron chi connectivity index (χ4n) is 9.43. The maximum absolute atomic E-state index is 15.1. The van der Waals surface area contributed by atoms with E-state index in [1.165, 1.54) is 0 Å². The maximum Gasteiger partial charge on any atom is 0.264 e. The summed E-state index contributed by atoms with van der Waals surface area (Å²) in [5.41, 5.74) is 6.86. The van der Waals surface area contributed by atoms with Crippen molar-refractivity contribution < 1.29 is 32.8 Å². The van der Waals surface area contributed by atoms with Crippen LogP contribution in [-0.2, 0) is 45.6 Å². The second kappa shape index (κ2) is 16.7. The van der Waals surface area contributed by atoms with E-state index in [4.69, 9.17) is 5.10 Å². The lowest BCUT2D eigenvalue weighted by Gasteiger charge is -2.34. The Morgan fingerprint density at radius 2 is 1.73 bits per heavy atom. The first-order valence-electron chi connectivity index (χ1n) is 21.2. The lowest BCUT2D eigenvalue weighted by molar-refractivity contribution is -0.137. The SMILES string of the molecule is CC(=O)N1CCc2c(c(N3CCCc4cc(-c5cn(C)c6ccncc56)c(C(F)F)cc43)nn2C2CCN(C(=O)c3ccc(NCC(=O)NC4CCC(=O)NC4=O)cc3)CC2)C1. The van der Waals surface area contributed by atoms with Crippen LogP contribution in [0.25, 0.3) is 22.0 Å². The lowest BCUT2D eigenvalue weighted by atomic mass is 9.91. The van der Waals surface area contributed by atoms with E-state index in [1.54, 1.807) is 49.6 Å². The average Bonchev–Trinajstić information content (AvgIpc) is 3.83. The van der Waals surface area contributed by atoms with Crippen molar-refractivity contribution in [1.82, 2.24) is 39.8 Å². The minimum absolute atomic E-state index is 0.00782. The molecule has 2 fully saturated rings. The number of nitrogens with zero attached hydrogens (tertiary/aromatic N) is 7. The third-order valence-corrected chi connectivity index (χ3v) is 12.7. The molecule has 0 radical (unpaired) electrons. The van der Waals surface area contributed by atoms with Gasteiger partial charge in [-0.25, -0.2) is 8.78 Å². The van der Waals surface area contributed by atoms with Gasteiger partial charge in [0, 0.05) is 116 Å². The van der Waals surface area contributed by atoms with Crippen molar-refractivity contribution in [2.45, 2.75) is 76.9 Å². The van der Waals surface area contributed by atoms with E-state index in [2.05, 4.69) is 30.5 Å². The second-order valence-corrected chi connectivity index (χ2v) is 16.6. The number of imide groups is 1. The van der Waals surface area contributed by atoms with E-state index >= 15 is 8.78 Å². The Hall–Kier alpha value is -6.65. The average molecular weight is 847 g/mol. The van der Waals surface area contributed by atoms with Gasteiger partial charge in [-0.2, -0.15) is 5.10 Å². The Kier molecular flexibility index (Phi) is 10.9. The third-order valence-electron chi connectivity index (χ3n) is 12.7. The highest BCUT2D eigenvalue weighted by Gasteiger charge is 2.36. The fraction of sp³-hybridized carbons (Fsp3) is 0.400. The highest BCUT2D eigenvalue weighted by Crippen LogP contribution is 2.45. The molecular weight excluding hydrogens is 799 g/mol. The summed E-state index contributed by atoms with van der Waals surface area (Å²) in [7, 11) is 1.90. The number of carbonyl (C=O) groups is 5. The number of nitrogens with one attached hydrogen (secondary N) is 3. The zero-order chi connectivity index (χ0) is 43.2. The Morgan fingerprint density at radius 3 is 2.47 bits per heavy atom. The summed E-state index contributed by atoms with van der Waals surface area (Å²) in [5.74, 6) is -0.713. The van der Waals surface area contributed by atoms with E-state index in [-0.39, 0.29) is 48.7 Å². The predicted octanol–water partition coefficient (Wildman–Crippen LogP) is 5.17. The van der Waals surface area contributed by atoms with Crippen LogP contribution in [0, 0.1) is 0 Å². The quantitative estimate of drug-likeness (QED) is 0.170. The molecule has 15 nitrogen and oxygen atoms in total. The first kappa shape index (κ1) is 40.7. The Balaban J connectivity index is 0.916. The summed E-state index contributed by atoms with van der Waals surface area (Å²) in [5, 5.41) is 13.9. The zero-order valence-corrected chi connectivity index (χ0v) is 34.6. The van der Waals surface area contributed by atoms with Crippen LogP contribution in [0.1, 0.15) is 84.2 Å². The third kappa shape index (κ3) is 7.75.